The van der Waals surface area contributed by atoms with Crippen molar-refractivity contribution in [3.8, 4) is 5.75 Å². The molecule has 3 aromatic rings. The Morgan fingerprint density at radius 3 is 2.58 bits per heavy atom. The van der Waals surface area contributed by atoms with Crippen molar-refractivity contribution in [3.05, 3.63) is 76.9 Å². The molecule has 6 nitrogen and oxygen atoms in total. The second-order valence-electron chi connectivity index (χ2n) is 6.14. The number of hydrogen-bond donors (Lipinski definition) is 0. The normalized spacial score (nSPS) is 10.6. The number of aryl methyl sites for hydroxylation is 2. The molecule has 0 fully saturated rings. The molecule has 0 aliphatic rings. The van der Waals surface area contributed by atoms with Crippen molar-refractivity contribution >= 4 is 5.91 Å². The predicted molar refractivity (Wildman–Crippen MR) is 96.8 cm³/mol. The highest BCUT2D eigenvalue weighted by atomic mass is 16.5. The number of nitrogens with zero attached hydrogens (tertiary/aromatic N) is 3. The second-order valence-corrected chi connectivity index (χ2v) is 6.14. The van der Waals surface area contributed by atoms with Crippen LogP contribution in [0.2, 0.25) is 0 Å². The Kier molecular flexibility index (Phi) is 5.31. The zero-order valence-corrected chi connectivity index (χ0v) is 15.1. The highest BCUT2D eigenvalue weighted by Crippen LogP contribution is 2.18. The van der Waals surface area contributed by atoms with Crippen LogP contribution in [0.25, 0.3) is 0 Å². The lowest BCUT2D eigenvalue weighted by Crippen LogP contribution is -2.26. The van der Waals surface area contributed by atoms with E-state index in [2.05, 4.69) is 10.1 Å². The highest BCUT2D eigenvalue weighted by molar-refractivity contribution is 5.94. The van der Waals surface area contributed by atoms with Gasteiger partial charge in [0.1, 0.15) is 18.1 Å². The van der Waals surface area contributed by atoms with Gasteiger partial charge in [0.25, 0.3) is 5.91 Å². The molecule has 0 unspecified atom stereocenters. The van der Waals surface area contributed by atoms with E-state index in [4.69, 9.17) is 9.26 Å². The molecule has 1 amide bonds. The van der Waals surface area contributed by atoms with Crippen LogP contribution in [0.15, 0.2) is 53.3 Å². The van der Waals surface area contributed by atoms with E-state index in [9.17, 15) is 4.79 Å². The van der Waals surface area contributed by atoms with Crippen LogP contribution in [-0.4, -0.2) is 28.0 Å². The molecule has 134 valence electrons. The largest absolute Gasteiger partial charge is 0.489 e. The fourth-order valence-electron chi connectivity index (χ4n) is 2.61. The number of carbonyl (C=O) groups is 1. The monoisotopic (exact) mass is 351 g/mol. The molecule has 0 spiro atoms. The number of benzene rings is 1. The standard InChI is InChI=1S/C20H21N3O3/c1-14-19(15(2)26-22-14)13-25-18-8-6-17(7-9-18)20(24)23(3)12-16-5-4-10-21-11-16/h4-11H,12-13H2,1-3H3. The van der Waals surface area contributed by atoms with Crippen molar-refractivity contribution in [2.75, 3.05) is 7.05 Å². The van der Waals surface area contributed by atoms with E-state index in [1.54, 1.807) is 48.6 Å². The fraction of sp³-hybridized carbons (Fsp3) is 0.250. The summed E-state index contributed by atoms with van der Waals surface area (Å²) in [6, 6.07) is 10.9. The Labute approximate surface area is 152 Å². The van der Waals surface area contributed by atoms with Crippen LogP contribution in [0.5, 0.6) is 5.75 Å². The topological polar surface area (TPSA) is 68.5 Å². The maximum Gasteiger partial charge on any atom is 0.253 e. The summed E-state index contributed by atoms with van der Waals surface area (Å²) in [7, 11) is 1.78. The SMILES string of the molecule is Cc1noc(C)c1COc1ccc(C(=O)N(C)Cc2cccnc2)cc1. The molecular formula is C20H21N3O3. The van der Waals surface area contributed by atoms with E-state index >= 15 is 0 Å². The molecule has 0 bridgehead atoms. The van der Waals surface area contributed by atoms with Gasteiger partial charge in [-0.2, -0.15) is 0 Å². The summed E-state index contributed by atoms with van der Waals surface area (Å²) < 4.78 is 10.9. The molecule has 0 radical (unpaired) electrons. The molecule has 0 saturated carbocycles. The maximum absolute atomic E-state index is 12.5. The molecule has 6 heteroatoms. The lowest BCUT2D eigenvalue weighted by molar-refractivity contribution is 0.0785. The minimum absolute atomic E-state index is 0.0499. The van der Waals surface area contributed by atoms with Crippen molar-refractivity contribution in [1.29, 1.82) is 0 Å². The molecule has 0 saturated heterocycles. The van der Waals surface area contributed by atoms with Crippen LogP contribution in [-0.2, 0) is 13.2 Å². The molecule has 1 aromatic carbocycles. The molecule has 0 aliphatic carbocycles. The third kappa shape index (κ3) is 4.08. The van der Waals surface area contributed by atoms with Gasteiger partial charge in [-0.05, 0) is 49.7 Å². The maximum atomic E-state index is 12.5. The quantitative estimate of drug-likeness (QED) is 0.679. The van der Waals surface area contributed by atoms with E-state index in [-0.39, 0.29) is 5.91 Å². The molecule has 2 heterocycles. The van der Waals surface area contributed by atoms with Gasteiger partial charge in [0.2, 0.25) is 0 Å². The van der Waals surface area contributed by atoms with Gasteiger partial charge < -0.3 is 14.2 Å². The van der Waals surface area contributed by atoms with Gasteiger partial charge >= 0.3 is 0 Å². The Morgan fingerprint density at radius 1 is 1.19 bits per heavy atom. The molecule has 0 atom stereocenters. The zero-order chi connectivity index (χ0) is 18.5. The van der Waals surface area contributed by atoms with Crippen LogP contribution in [0.1, 0.15) is 32.9 Å². The van der Waals surface area contributed by atoms with E-state index in [1.165, 1.54) is 0 Å². The number of pyridine rings is 1. The second kappa shape index (κ2) is 7.82. The molecule has 0 N–H and O–H groups in total. The third-order valence-corrected chi connectivity index (χ3v) is 4.15. The number of amides is 1. The van der Waals surface area contributed by atoms with Crippen LogP contribution in [0.3, 0.4) is 0 Å². The van der Waals surface area contributed by atoms with Crippen molar-refractivity contribution in [3.63, 3.8) is 0 Å². The fourth-order valence-corrected chi connectivity index (χ4v) is 2.61. The predicted octanol–water partition coefficient (Wildman–Crippen LogP) is 3.54. The number of hydrogen-bond acceptors (Lipinski definition) is 5. The molecular weight excluding hydrogens is 330 g/mol. The first-order chi connectivity index (χ1) is 12.5. The van der Waals surface area contributed by atoms with E-state index in [0.29, 0.717) is 24.5 Å². The van der Waals surface area contributed by atoms with Crippen LogP contribution in [0.4, 0.5) is 0 Å². The lowest BCUT2D eigenvalue weighted by atomic mass is 10.1. The smallest absolute Gasteiger partial charge is 0.253 e. The molecule has 26 heavy (non-hydrogen) atoms. The third-order valence-electron chi connectivity index (χ3n) is 4.15. The summed E-state index contributed by atoms with van der Waals surface area (Å²) >= 11 is 0. The number of ether oxygens (including phenoxy) is 1. The summed E-state index contributed by atoms with van der Waals surface area (Å²) in [5, 5.41) is 3.91. The van der Waals surface area contributed by atoms with E-state index < -0.39 is 0 Å². The number of rotatable bonds is 6. The first-order valence-electron chi connectivity index (χ1n) is 8.33. The lowest BCUT2D eigenvalue weighted by Gasteiger charge is -2.17. The molecule has 3 rings (SSSR count). The first kappa shape index (κ1) is 17.7. The Bertz CT molecular complexity index is 854. The van der Waals surface area contributed by atoms with Gasteiger partial charge in [0.15, 0.2) is 0 Å². The Morgan fingerprint density at radius 2 is 1.96 bits per heavy atom. The van der Waals surface area contributed by atoms with Crippen molar-refractivity contribution in [1.82, 2.24) is 15.0 Å². The van der Waals surface area contributed by atoms with Gasteiger partial charge in [0.05, 0.1) is 11.3 Å². The average Bonchev–Trinajstić information content (AvgIpc) is 2.98. The Balaban J connectivity index is 1.60. The van der Waals surface area contributed by atoms with Gasteiger partial charge in [0, 0.05) is 31.5 Å². The molecule has 0 aliphatic heterocycles. The summed E-state index contributed by atoms with van der Waals surface area (Å²) in [5.41, 5.74) is 3.37. The van der Waals surface area contributed by atoms with Crippen LogP contribution in [0, 0.1) is 13.8 Å². The van der Waals surface area contributed by atoms with Crippen LogP contribution < -0.4 is 4.74 Å². The zero-order valence-electron chi connectivity index (χ0n) is 15.1. The Hall–Kier alpha value is -3.15. The van der Waals surface area contributed by atoms with Gasteiger partial charge in [-0.15, -0.1) is 0 Å². The van der Waals surface area contributed by atoms with Crippen molar-refractivity contribution < 1.29 is 14.1 Å². The first-order valence-corrected chi connectivity index (χ1v) is 8.33. The van der Waals surface area contributed by atoms with Gasteiger partial charge in [-0.25, -0.2) is 0 Å². The van der Waals surface area contributed by atoms with E-state index in [0.717, 1.165) is 22.6 Å². The summed E-state index contributed by atoms with van der Waals surface area (Å²) in [6.07, 6.45) is 3.47. The minimum Gasteiger partial charge on any atom is -0.489 e. The highest BCUT2D eigenvalue weighted by Gasteiger charge is 2.13. The summed E-state index contributed by atoms with van der Waals surface area (Å²) in [6.45, 7) is 4.64. The van der Waals surface area contributed by atoms with Crippen LogP contribution >= 0.6 is 0 Å². The van der Waals surface area contributed by atoms with Crippen molar-refractivity contribution in [2.24, 2.45) is 0 Å². The summed E-state index contributed by atoms with van der Waals surface area (Å²) in [4.78, 5) is 18.3. The van der Waals surface area contributed by atoms with Crippen molar-refractivity contribution in [2.45, 2.75) is 27.0 Å². The number of carbonyl (C=O) groups excluding carboxylic acids is 1. The van der Waals surface area contributed by atoms with Gasteiger partial charge in [-0.3, -0.25) is 9.78 Å². The molecule has 2 aromatic heterocycles. The minimum atomic E-state index is -0.0499. The van der Waals surface area contributed by atoms with E-state index in [1.807, 2.05) is 26.0 Å². The summed E-state index contributed by atoms with van der Waals surface area (Å²) in [5.74, 6) is 1.40. The van der Waals surface area contributed by atoms with Gasteiger partial charge in [-0.1, -0.05) is 11.2 Å². The number of aromatic nitrogens is 2. The average molecular weight is 351 g/mol.